The lowest BCUT2D eigenvalue weighted by molar-refractivity contribution is -0.145. The van der Waals surface area contributed by atoms with E-state index in [9.17, 15) is 4.79 Å². The largest absolute Gasteiger partial charge is 0.480 e. The highest BCUT2D eigenvalue weighted by molar-refractivity contribution is 5.68. The average molecular weight is 255 g/mol. The Morgan fingerprint density at radius 2 is 2.00 bits per heavy atom. The number of carbonyl (C=O) groups is 1. The molecule has 1 saturated heterocycles. The summed E-state index contributed by atoms with van der Waals surface area (Å²) in [6.45, 7) is 3.11. The zero-order valence-corrected chi connectivity index (χ0v) is 10.6. The number of likely N-dealkylation sites (tertiary alicyclic amines) is 1. The van der Waals surface area contributed by atoms with E-state index in [1.54, 1.807) is 19.1 Å². The maximum absolute atomic E-state index is 10.4. The van der Waals surface area contributed by atoms with Crippen molar-refractivity contribution in [3.05, 3.63) is 23.7 Å². The van der Waals surface area contributed by atoms with Crippen molar-refractivity contribution in [1.82, 2.24) is 4.90 Å². The average Bonchev–Trinajstić information content (AvgIpc) is 2.34. The second-order valence-electron chi connectivity index (χ2n) is 4.39. The number of hydrogen-bond acceptors (Lipinski definition) is 5. The van der Waals surface area contributed by atoms with Gasteiger partial charge in [-0.2, -0.15) is 0 Å². The smallest absolute Gasteiger partial charge is 0.329 e. The van der Waals surface area contributed by atoms with E-state index in [1.165, 1.54) is 0 Å². The molecule has 0 aromatic rings. The lowest BCUT2D eigenvalue weighted by atomic mass is 10.1. The highest BCUT2D eigenvalue weighted by atomic mass is 16.5. The van der Waals surface area contributed by atoms with Crippen LogP contribution in [0.2, 0.25) is 0 Å². The number of rotatable bonds is 5. The zero-order chi connectivity index (χ0) is 13.5. The predicted molar refractivity (Wildman–Crippen MR) is 68.4 cm³/mol. The van der Waals surface area contributed by atoms with Gasteiger partial charge < -0.3 is 26.2 Å². The Morgan fingerprint density at radius 1 is 1.39 bits per heavy atom. The molecule has 0 aromatic carbocycles. The fraction of sp³-hybridized carbons (Fsp3) is 0.583. The van der Waals surface area contributed by atoms with Gasteiger partial charge in [-0.1, -0.05) is 0 Å². The first kappa shape index (κ1) is 14.4. The van der Waals surface area contributed by atoms with Crippen LogP contribution in [0.15, 0.2) is 23.7 Å². The summed E-state index contributed by atoms with van der Waals surface area (Å²) in [4.78, 5) is 12.4. The first-order valence-electron chi connectivity index (χ1n) is 5.97. The van der Waals surface area contributed by atoms with Gasteiger partial charge in [-0.05, 0) is 31.9 Å². The van der Waals surface area contributed by atoms with Gasteiger partial charge in [-0.15, -0.1) is 0 Å². The predicted octanol–water partition coefficient (Wildman–Crippen LogP) is 0.215. The molecular formula is C12H21N3O3. The Morgan fingerprint density at radius 3 is 2.50 bits per heavy atom. The molecular weight excluding hydrogens is 234 g/mol. The molecule has 1 rings (SSSR count). The molecule has 0 aromatic heterocycles. The number of aliphatic carboxylic acids is 1. The maximum atomic E-state index is 10.4. The van der Waals surface area contributed by atoms with Gasteiger partial charge in [-0.3, -0.25) is 0 Å². The Kier molecular flexibility index (Phi) is 5.51. The second kappa shape index (κ2) is 6.90. The summed E-state index contributed by atoms with van der Waals surface area (Å²) in [5.74, 6) is -0.253. The number of allylic oxidation sites excluding steroid dienone is 3. The second-order valence-corrected chi connectivity index (χ2v) is 4.39. The van der Waals surface area contributed by atoms with Crippen LogP contribution in [0, 0.1) is 0 Å². The third-order valence-electron chi connectivity index (χ3n) is 2.77. The van der Waals surface area contributed by atoms with Crippen LogP contribution in [-0.4, -0.2) is 41.8 Å². The molecule has 102 valence electrons. The van der Waals surface area contributed by atoms with Gasteiger partial charge in [0.25, 0.3) is 0 Å². The Hall–Kier alpha value is -1.69. The summed E-state index contributed by atoms with van der Waals surface area (Å²) in [5.41, 5.74) is 12.1. The first-order valence-corrected chi connectivity index (χ1v) is 5.97. The van der Waals surface area contributed by atoms with Crippen LogP contribution in [0.3, 0.4) is 0 Å². The minimum atomic E-state index is -0.930. The minimum Gasteiger partial charge on any atom is -0.480 e. The van der Waals surface area contributed by atoms with Gasteiger partial charge in [0.15, 0.2) is 0 Å². The van der Waals surface area contributed by atoms with Gasteiger partial charge in [0.2, 0.25) is 0 Å². The van der Waals surface area contributed by atoms with E-state index in [-0.39, 0.29) is 12.7 Å². The van der Waals surface area contributed by atoms with E-state index in [4.69, 9.17) is 21.3 Å². The van der Waals surface area contributed by atoms with E-state index in [2.05, 4.69) is 0 Å². The topological polar surface area (TPSA) is 102 Å². The number of carboxylic acids is 1. The van der Waals surface area contributed by atoms with E-state index in [1.807, 2.05) is 4.90 Å². The third-order valence-corrected chi connectivity index (χ3v) is 2.77. The van der Waals surface area contributed by atoms with Crippen molar-refractivity contribution in [2.75, 3.05) is 19.7 Å². The van der Waals surface area contributed by atoms with Crippen LogP contribution >= 0.6 is 0 Å². The van der Waals surface area contributed by atoms with Crippen molar-refractivity contribution in [2.45, 2.75) is 25.9 Å². The third kappa shape index (κ3) is 5.09. The van der Waals surface area contributed by atoms with Crippen molar-refractivity contribution >= 4 is 5.97 Å². The van der Waals surface area contributed by atoms with Crippen molar-refractivity contribution in [3.8, 4) is 0 Å². The van der Waals surface area contributed by atoms with Gasteiger partial charge in [0.05, 0.1) is 11.9 Å². The van der Waals surface area contributed by atoms with E-state index < -0.39 is 5.97 Å². The molecule has 0 amide bonds. The van der Waals surface area contributed by atoms with Gasteiger partial charge in [0, 0.05) is 18.8 Å². The van der Waals surface area contributed by atoms with Gasteiger partial charge in [-0.25, -0.2) is 4.79 Å². The molecule has 1 aliphatic heterocycles. The summed E-state index contributed by atoms with van der Waals surface area (Å²) >= 11 is 0. The molecule has 0 radical (unpaired) electrons. The monoisotopic (exact) mass is 255 g/mol. The lowest BCUT2D eigenvalue weighted by Gasteiger charge is -2.33. The van der Waals surface area contributed by atoms with Crippen LogP contribution < -0.4 is 11.5 Å². The van der Waals surface area contributed by atoms with Crippen LogP contribution in [0.5, 0.6) is 0 Å². The summed E-state index contributed by atoms with van der Waals surface area (Å²) < 4.78 is 5.25. The SMILES string of the molecule is C/C(N)=C/C=C(\N)N1CCC(OCC(=O)O)CC1. The summed E-state index contributed by atoms with van der Waals surface area (Å²) in [6.07, 6.45) is 5.13. The molecule has 0 bridgehead atoms. The molecule has 0 unspecified atom stereocenters. The standard InChI is InChI=1S/C12H21N3O3/c1-9(13)2-3-11(14)15-6-4-10(5-7-15)18-8-12(16)17/h2-3,10H,4-8,13-14H2,1H3,(H,16,17)/b9-2-,11-3+. The van der Waals surface area contributed by atoms with E-state index in [0.717, 1.165) is 25.9 Å². The van der Waals surface area contributed by atoms with Crippen LogP contribution in [0.1, 0.15) is 19.8 Å². The molecule has 1 aliphatic rings. The highest BCUT2D eigenvalue weighted by Gasteiger charge is 2.20. The minimum absolute atomic E-state index is 0.0111. The van der Waals surface area contributed by atoms with Crippen molar-refractivity contribution in [3.63, 3.8) is 0 Å². The molecule has 5 N–H and O–H groups in total. The number of piperidine rings is 1. The van der Waals surface area contributed by atoms with Crippen LogP contribution in [0.25, 0.3) is 0 Å². The Bertz CT molecular complexity index is 340. The summed E-state index contributed by atoms with van der Waals surface area (Å²) in [7, 11) is 0. The Balaban J connectivity index is 2.37. The number of nitrogens with two attached hydrogens (primary N) is 2. The molecule has 1 heterocycles. The Labute approximate surface area is 107 Å². The molecule has 18 heavy (non-hydrogen) atoms. The van der Waals surface area contributed by atoms with Gasteiger partial charge >= 0.3 is 5.97 Å². The fourth-order valence-electron chi connectivity index (χ4n) is 1.79. The van der Waals surface area contributed by atoms with Gasteiger partial charge in [0.1, 0.15) is 6.61 Å². The molecule has 0 aliphatic carbocycles. The van der Waals surface area contributed by atoms with E-state index >= 15 is 0 Å². The molecule has 6 heteroatoms. The summed E-state index contributed by atoms with van der Waals surface area (Å²) in [6, 6.07) is 0. The fourth-order valence-corrected chi connectivity index (χ4v) is 1.79. The molecule has 0 saturated carbocycles. The molecule has 0 atom stereocenters. The van der Waals surface area contributed by atoms with Crippen LogP contribution in [0.4, 0.5) is 0 Å². The quantitative estimate of drug-likeness (QED) is 0.607. The summed E-state index contributed by atoms with van der Waals surface area (Å²) in [5, 5.41) is 8.52. The zero-order valence-electron chi connectivity index (χ0n) is 10.6. The molecule has 0 spiro atoms. The number of nitrogens with zero attached hydrogens (tertiary/aromatic N) is 1. The molecule has 1 fully saturated rings. The number of hydrogen-bond donors (Lipinski definition) is 3. The van der Waals surface area contributed by atoms with Crippen molar-refractivity contribution in [2.24, 2.45) is 11.5 Å². The van der Waals surface area contributed by atoms with Crippen LogP contribution in [-0.2, 0) is 9.53 Å². The maximum Gasteiger partial charge on any atom is 0.329 e. The first-order chi connectivity index (χ1) is 8.49. The number of ether oxygens (including phenoxy) is 1. The normalized spacial score (nSPS) is 19.1. The highest BCUT2D eigenvalue weighted by Crippen LogP contribution is 2.15. The van der Waals surface area contributed by atoms with Crippen molar-refractivity contribution in [1.29, 1.82) is 0 Å². The molecule has 6 nitrogen and oxygen atoms in total. The van der Waals surface area contributed by atoms with Crippen molar-refractivity contribution < 1.29 is 14.6 Å². The lowest BCUT2D eigenvalue weighted by Crippen LogP contribution is -2.39. The number of carboxylic acid groups (broad SMARTS) is 1. The van der Waals surface area contributed by atoms with E-state index in [0.29, 0.717) is 11.5 Å².